The van der Waals surface area contributed by atoms with E-state index in [9.17, 15) is 9.18 Å². The van der Waals surface area contributed by atoms with Gasteiger partial charge in [0.05, 0.1) is 24.3 Å². The number of hydrogen-bond donors (Lipinski definition) is 1. The molecule has 1 amide bonds. The number of aryl methyl sites for hydroxylation is 1. The summed E-state index contributed by atoms with van der Waals surface area (Å²) in [6.45, 7) is 9.01. The minimum atomic E-state index is -0.630. The van der Waals surface area contributed by atoms with Gasteiger partial charge in [0.25, 0.3) is 0 Å². The van der Waals surface area contributed by atoms with E-state index in [2.05, 4.69) is 20.1 Å². The number of nitrogens with zero attached hydrogens (tertiary/aromatic N) is 7. The first-order valence-corrected chi connectivity index (χ1v) is 9.17. The van der Waals surface area contributed by atoms with Crippen molar-refractivity contribution in [2.75, 3.05) is 31.1 Å². The van der Waals surface area contributed by atoms with Crippen molar-refractivity contribution in [3.05, 3.63) is 29.7 Å². The third-order valence-electron chi connectivity index (χ3n) is 4.29. The van der Waals surface area contributed by atoms with E-state index in [0.29, 0.717) is 43.6 Å². The van der Waals surface area contributed by atoms with Gasteiger partial charge >= 0.3 is 6.09 Å². The van der Waals surface area contributed by atoms with Gasteiger partial charge in [-0.2, -0.15) is 4.98 Å². The molecular formula is C18H24FN7O3. The Morgan fingerprint density at radius 1 is 1.24 bits per heavy atom. The predicted octanol–water partition coefficient (Wildman–Crippen LogP) is 1.98. The van der Waals surface area contributed by atoms with Crippen LogP contribution in [0.1, 0.15) is 32.3 Å². The highest BCUT2D eigenvalue weighted by Crippen LogP contribution is 2.20. The molecule has 1 aliphatic heterocycles. The maximum atomic E-state index is 14.5. The topological polar surface area (TPSA) is 109 Å². The van der Waals surface area contributed by atoms with Crippen LogP contribution in [0, 0.1) is 12.7 Å². The predicted molar refractivity (Wildman–Crippen MR) is 103 cm³/mol. The quantitative estimate of drug-likeness (QED) is 0.472. The lowest BCUT2D eigenvalue weighted by atomic mass is 10.2. The van der Waals surface area contributed by atoms with Gasteiger partial charge < -0.3 is 19.7 Å². The summed E-state index contributed by atoms with van der Waals surface area (Å²) >= 11 is 0. The largest absolute Gasteiger partial charge is 0.444 e. The van der Waals surface area contributed by atoms with E-state index in [1.807, 2.05) is 25.7 Å². The van der Waals surface area contributed by atoms with Crippen molar-refractivity contribution >= 4 is 18.3 Å². The van der Waals surface area contributed by atoms with Gasteiger partial charge in [0.15, 0.2) is 11.6 Å². The van der Waals surface area contributed by atoms with Crippen molar-refractivity contribution in [1.29, 1.82) is 0 Å². The minimum absolute atomic E-state index is 0.00877. The Labute approximate surface area is 167 Å². The molecular weight excluding hydrogens is 381 g/mol. The van der Waals surface area contributed by atoms with Gasteiger partial charge in [0.2, 0.25) is 5.95 Å². The maximum Gasteiger partial charge on any atom is 0.410 e. The molecule has 1 N–H and O–H groups in total. The Morgan fingerprint density at radius 2 is 1.93 bits per heavy atom. The molecule has 0 spiro atoms. The third kappa shape index (κ3) is 4.61. The summed E-state index contributed by atoms with van der Waals surface area (Å²) < 4.78 is 21.3. The van der Waals surface area contributed by atoms with Crippen LogP contribution in [0.5, 0.6) is 0 Å². The molecule has 10 nitrogen and oxygen atoms in total. The average Bonchev–Trinajstić information content (AvgIpc) is 3.01. The van der Waals surface area contributed by atoms with Crippen molar-refractivity contribution < 1.29 is 19.1 Å². The summed E-state index contributed by atoms with van der Waals surface area (Å²) in [7, 11) is 0. The van der Waals surface area contributed by atoms with Crippen molar-refractivity contribution in [2.45, 2.75) is 33.3 Å². The lowest BCUT2D eigenvalue weighted by molar-refractivity contribution is 0.0240. The minimum Gasteiger partial charge on any atom is -0.444 e. The molecule has 0 saturated carbocycles. The molecule has 0 bridgehead atoms. The number of carbonyl (C=O) groups excluding carboxylic acids is 1. The number of aromatic nitrogens is 4. The van der Waals surface area contributed by atoms with Crippen LogP contribution in [0.2, 0.25) is 0 Å². The maximum absolute atomic E-state index is 14.5. The monoisotopic (exact) mass is 405 g/mol. The number of anilines is 1. The van der Waals surface area contributed by atoms with E-state index in [1.165, 1.54) is 10.8 Å². The molecule has 1 saturated heterocycles. The summed E-state index contributed by atoms with van der Waals surface area (Å²) in [6.07, 6.45) is 3.34. The van der Waals surface area contributed by atoms with E-state index in [1.54, 1.807) is 11.8 Å². The van der Waals surface area contributed by atoms with Crippen LogP contribution in [0.25, 0.3) is 5.82 Å². The normalized spacial score (nSPS) is 15.2. The lowest BCUT2D eigenvalue weighted by Crippen LogP contribution is -2.50. The van der Waals surface area contributed by atoms with Gasteiger partial charge in [-0.25, -0.2) is 19.2 Å². The Kier molecular flexibility index (Phi) is 5.66. The molecule has 0 radical (unpaired) electrons. The molecule has 0 unspecified atom stereocenters. The number of amides is 1. The number of ether oxygens (including phenoxy) is 1. The zero-order valence-electron chi connectivity index (χ0n) is 16.8. The standard InChI is InChI=1S/C18H24FN7O3/c1-12-20-9-13(10-22-28)26(12)15-14(19)11-21-16(23-15)24-5-7-25(8-6-24)17(27)29-18(2,3)4/h9-11,28H,5-8H2,1-4H3/b22-10+. The number of piperazine rings is 1. The van der Waals surface area contributed by atoms with Gasteiger partial charge in [-0.3, -0.25) is 4.57 Å². The van der Waals surface area contributed by atoms with Crippen LogP contribution in [-0.4, -0.2) is 73.7 Å². The second-order valence-corrected chi connectivity index (χ2v) is 7.61. The highest BCUT2D eigenvalue weighted by molar-refractivity contribution is 5.77. The fraction of sp³-hybridized carbons (Fsp3) is 0.500. The summed E-state index contributed by atoms with van der Waals surface area (Å²) in [5.74, 6) is 0.202. The fourth-order valence-corrected chi connectivity index (χ4v) is 2.96. The van der Waals surface area contributed by atoms with E-state index in [0.717, 1.165) is 12.4 Å². The highest BCUT2D eigenvalue weighted by atomic mass is 19.1. The van der Waals surface area contributed by atoms with E-state index < -0.39 is 11.4 Å². The van der Waals surface area contributed by atoms with E-state index in [4.69, 9.17) is 9.94 Å². The highest BCUT2D eigenvalue weighted by Gasteiger charge is 2.27. The first kappa shape index (κ1) is 20.5. The molecule has 29 heavy (non-hydrogen) atoms. The zero-order valence-corrected chi connectivity index (χ0v) is 16.8. The molecule has 0 atom stereocenters. The van der Waals surface area contributed by atoms with Crippen LogP contribution in [0.15, 0.2) is 17.5 Å². The molecule has 1 aliphatic rings. The van der Waals surface area contributed by atoms with Gasteiger partial charge in [0.1, 0.15) is 11.4 Å². The number of imidazole rings is 1. The van der Waals surface area contributed by atoms with Gasteiger partial charge in [-0.05, 0) is 27.7 Å². The fourth-order valence-electron chi connectivity index (χ4n) is 2.96. The molecule has 2 aromatic heterocycles. The van der Waals surface area contributed by atoms with Crippen LogP contribution in [-0.2, 0) is 4.74 Å². The van der Waals surface area contributed by atoms with Crippen LogP contribution >= 0.6 is 0 Å². The Bertz CT molecular complexity index is 915. The van der Waals surface area contributed by atoms with Gasteiger partial charge in [-0.1, -0.05) is 5.16 Å². The number of halogens is 1. The number of hydrogen-bond acceptors (Lipinski definition) is 8. The average molecular weight is 405 g/mol. The summed E-state index contributed by atoms with van der Waals surface area (Å²) in [4.78, 5) is 28.3. The SMILES string of the molecule is Cc1ncc(/C=N/O)n1-c1nc(N2CCN(C(=O)OC(C)(C)C)CC2)ncc1F. The first-order chi connectivity index (χ1) is 13.7. The second-order valence-electron chi connectivity index (χ2n) is 7.61. The Hall–Kier alpha value is -3.24. The Balaban J connectivity index is 1.78. The van der Waals surface area contributed by atoms with Crippen LogP contribution in [0.3, 0.4) is 0 Å². The zero-order chi connectivity index (χ0) is 21.2. The molecule has 0 aliphatic carbocycles. The molecule has 3 rings (SSSR count). The van der Waals surface area contributed by atoms with Gasteiger partial charge in [0, 0.05) is 26.2 Å². The van der Waals surface area contributed by atoms with Crippen LogP contribution in [0.4, 0.5) is 15.1 Å². The number of rotatable bonds is 3. The number of oxime groups is 1. The number of carbonyl (C=O) groups is 1. The van der Waals surface area contributed by atoms with Crippen LogP contribution < -0.4 is 4.90 Å². The summed E-state index contributed by atoms with van der Waals surface area (Å²) in [5.41, 5.74) is -0.176. The summed E-state index contributed by atoms with van der Waals surface area (Å²) in [5, 5.41) is 11.8. The molecule has 2 aromatic rings. The van der Waals surface area contributed by atoms with Crippen molar-refractivity contribution in [1.82, 2.24) is 24.4 Å². The molecule has 0 aromatic carbocycles. The van der Waals surface area contributed by atoms with Crippen molar-refractivity contribution in [2.24, 2.45) is 5.16 Å². The molecule has 1 fully saturated rings. The molecule has 3 heterocycles. The second kappa shape index (κ2) is 8.02. The van der Waals surface area contributed by atoms with Gasteiger partial charge in [-0.15, -0.1) is 0 Å². The third-order valence-corrected chi connectivity index (χ3v) is 4.29. The molecule has 11 heteroatoms. The first-order valence-electron chi connectivity index (χ1n) is 9.17. The smallest absolute Gasteiger partial charge is 0.410 e. The van der Waals surface area contributed by atoms with Crippen molar-refractivity contribution in [3.63, 3.8) is 0 Å². The van der Waals surface area contributed by atoms with E-state index in [-0.39, 0.29) is 11.9 Å². The lowest BCUT2D eigenvalue weighted by Gasteiger charge is -2.35. The molecule has 156 valence electrons. The van der Waals surface area contributed by atoms with Crippen molar-refractivity contribution in [3.8, 4) is 5.82 Å². The Morgan fingerprint density at radius 3 is 2.55 bits per heavy atom. The summed E-state index contributed by atoms with van der Waals surface area (Å²) in [6, 6.07) is 0. The van der Waals surface area contributed by atoms with E-state index >= 15 is 0 Å².